The van der Waals surface area contributed by atoms with Gasteiger partial charge in [-0.05, 0) is 55.0 Å². The van der Waals surface area contributed by atoms with E-state index in [2.05, 4.69) is 5.32 Å². The summed E-state index contributed by atoms with van der Waals surface area (Å²) in [6.07, 6.45) is 0. The van der Waals surface area contributed by atoms with Gasteiger partial charge in [0.15, 0.2) is 0 Å². The van der Waals surface area contributed by atoms with Crippen molar-refractivity contribution >= 4 is 37.3 Å². The average molecular weight is 488 g/mol. The third kappa shape index (κ3) is 5.08. The minimum absolute atomic E-state index is 0.0405. The van der Waals surface area contributed by atoms with Crippen molar-refractivity contribution in [3.05, 3.63) is 83.9 Å². The number of sulfonamides is 2. The number of nitrogens with zero attached hydrogens (tertiary/aromatic N) is 2. The maximum atomic E-state index is 13.0. The smallest absolute Gasteiger partial charge is 0.264 e. The molecule has 0 saturated carbocycles. The van der Waals surface area contributed by atoms with Gasteiger partial charge in [0.05, 0.1) is 15.5 Å². The van der Waals surface area contributed by atoms with Crippen LogP contribution < -0.4 is 9.62 Å². The number of anilines is 2. The number of benzene rings is 3. The Labute approximate surface area is 194 Å². The van der Waals surface area contributed by atoms with Gasteiger partial charge in [0.25, 0.3) is 15.9 Å². The molecule has 1 amide bonds. The first-order chi connectivity index (χ1) is 15.4. The van der Waals surface area contributed by atoms with Crippen molar-refractivity contribution in [1.29, 1.82) is 0 Å². The van der Waals surface area contributed by atoms with E-state index in [9.17, 15) is 21.6 Å². The Morgan fingerprint density at radius 1 is 0.788 bits per heavy atom. The fraction of sp³-hybridized carbons (Fsp3) is 0.174. The van der Waals surface area contributed by atoms with Gasteiger partial charge in [-0.25, -0.2) is 21.1 Å². The van der Waals surface area contributed by atoms with E-state index in [0.717, 1.165) is 8.61 Å². The van der Waals surface area contributed by atoms with Gasteiger partial charge in [-0.2, -0.15) is 0 Å². The minimum atomic E-state index is -3.89. The number of nitrogens with one attached hydrogen (secondary N) is 1. The van der Waals surface area contributed by atoms with Crippen LogP contribution in [0.4, 0.5) is 11.4 Å². The van der Waals surface area contributed by atoms with Crippen molar-refractivity contribution in [3.63, 3.8) is 0 Å². The molecule has 10 heteroatoms. The third-order valence-electron chi connectivity index (χ3n) is 5.08. The molecule has 0 aliphatic rings. The largest absolute Gasteiger partial charge is 0.322 e. The molecule has 0 atom stereocenters. The van der Waals surface area contributed by atoms with Crippen molar-refractivity contribution in [2.24, 2.45) is 0 Å². The monoisotopic (exact) mass is 487 g/mol. The molecule has 0 heterocycles. The molecule has 0 saturated heterocycles. The first-order valence-electron chi connectivity index (χ1n) is 9.93. The van der Waals surface area contributed by atoms with Crippen molar-refractivity contribution < 1.29 is 21.6 Å². The van der Waals surface area contributed by atoms with Crippen molar-refractivity contribution in [3.8, 4) is 0 Å². The lowest BCUT2D eigenvalue weighted by molar-refractivity contribution is 0.102. The molecule has 0 fully saturated rings. The van der Waals surface area contributed by atoms with Crippen LogP contribution in [0.5, 0.6) is 0 Å². The summed E-state index contributed by atoms with van der Waals surface area (Å²) >= 11 is 0. The second-order valence-corrected chi connectivity index (χ2v) is 11.6. The van der Waals surface area contributed by atoms with E-state index in [1.54, 1.807) is 49.4 Å². The number of carbonyl (C=O) groups excluding carboxylic acids is 1. The van der Waals surface area contributed by atoms with Crippen LogP contribution in [0.1, 0.15) is 15.9 Å². The number of rotatable bonds is 7. The number of carbonyl (C=O) groups is 1. The minimum Gasteiger partial charge on any atom is -0.322 e. The van der Waals surface area contributed by atoms with Gasteiger partial charge < -0.3 is 5.32 Å². The number of hydrogen-bond acceptors (Lipinski definition) is 5. The molecule has 3 aromatic carbocycles. The molecular formula is C23H25N3O5S2. The Balaban J connectivity index is 1.89. The summed E-state index contributed by atoms with van der Waals surface area (Å²) in [4.78, 5) is 12.9. The van der Waals surface area contributed by atoms with Gasteiger partial charge >= 0.3 is 0 Å². The number of amides is 1. The zero-order valence-corrected chi connectivity index (χ0v) is 20.3. The van der Waals surface area contributed by atoms with Crippen LogP contribution in [0, 0.1) is 6.92 Å². The number of para-hydroxylation sites is 1. The Morgan fingerprint density at radius 2 is 1.45 bits per heavy atom. The lowest BCUT2D eigenvalue weighted by Crippen LogP contribution is -2.26. The Bertz CT molecular complexity index is 1390. The van der Waals surface area contributed by atoms with Gasteiger partial charge in [0.2, 0.25) is 10.0 Å². The SMILES string of the molecule is Cc1ccc(NC(=O)c2cccc(S(=O)(=O)N(C)c3ccccc3)c2)cc1S(=O)(=O)N(C)C. The maximum absolute atomic E-state index is 13.0. The summed E-state index contributed by atoms with van der Waals surface area (Å²) in [5.74, 6) is -0.563. The van der Waals surface area contributed by atoms with Gasteiger partial charge in [-0.15, -0.1) is 0 Å². The van der Waals surface area contributed by atoms with E-state index in [4.69, 9.17) is 0 Å². The molecule has 0 aliphatic heterocycles. The highest BCUT2D eigenvalue weighted by Gasteiger charge is 2.23. The van der Waals surface area contributed by atoms with Crippen LogP contribution in [0.2, 0.25) is 0 Å². The zero-order valence-electron chi connectivity index (χ0n) is 18.7. The molecule has 1 N–H and O–H groups in total. The molecule has 0 radical (unpaired) electrons. The first kappa shape index (κ1) is 24.4. The fourth-order valence-electron chi connectivity index (χ4n) is 3.09. The molecule has 0 spiro atoms. The van der Waals surface area contributed by atoms with Crippen LogP contribution >= 0.6 is 0 Å². The maximum Gasteiger partial charge on any atom is 0.264 e. The standard InChI is InChI=1S/C23H25N3O5S2/c1-17-13-14-19(16-22(17)33(30,31)25(2)3)24-23(27)18-9-8-12-21(15-18)32(28,29)26(4)20-10-6-5-7-11-20/h5-16H,1-4H3,(H,24,27). The topological polar surface area (TPSA) is 104 Å². The van der Waals surface area contributed by atoms with Crippen LogP contribution in [0.25, 0.3) is 0 Å². The highest BCUT2D eigenvalue weighted by atomic mass is 32.2. The Morgan fingerprint density at radius 3 is 2.09 bits per heavy atom. The lowest BCUT2D eigenvalue weighted by Gasteiger charge is -2.19. The second-order valence-electron chi connectivity index (χ2n) is 7.56. The predicted molar refractivity (Wildman–Crippen MR) is 128 cm³/mol. The molecule has 8 nitrogen and oxygen atoms in total. The second kappa shape index (κ2) is 9.34. The molecule has 0 unspecified atom stereocenters. The lowest BCUT2D eigenvalue weighted by atomic mass is 10.2. The molecule has 0 aliphatic carbocycles. The van der Waals surface area contributed by atoms with E-state index in [0.29, 0.717) is 11.3 Å². The highest BCUT2D eigenvalue weighted by Crippen LogP contribution is 2.25. The summed E-state index contributed by atoms with van der Waals surface area (Å²) in [7, 11) is -3.29. The Hall–Kier alpha value is -3.21. The molecule has 0 bridgehead atoms. The first-order valence-corrected chi connectivity index (χ1v) is 12.8. The van der Waals surface area contributed by atoms with Crippen LogP contribution in [0.15, 0.2) is 82.6 Å². The van der Waals surface area contributed by atoms with E-state index >= 15 is 0 Å². The van der Waals surface area contributed by atoms with Gasteiger partial charge in [-0.3, -0.25) is 9.10 Å². The quantitative estimate of drug-likeness (QED) is 0.551. The fourth-order valence-corrected chi connectivity index (χ4v) is 5.47. The van der Waals surface area contributed by atoms with E-state index in [1.807, 2.05) is 0 Å². The van der Waals surface area contributed by atoms with Crippen molar-refractivity contribution in [1.82, 2.24) is 4.31 Å². The number of aryl methyl sites for hydroxylation is 1. The molecular weight excluding hydrogens is 462 g/mol. The van der Waals surface area contributed by atoms with E-state index in [1.165, 1.54) is 51.5 Å². The number of hydrogen-bond donors (Lipinski definition) is 1. The molecule has 0 aromatic heterocycles. The summed E-state index contributed by atoms with van der Waals surface area (Å²) in [6, 6.07) is 18.8. The van der Waals surface area contributed by atoms with Crippen LogP contribution in [-0.2, 0) is 20.0 Å². The van der Waals surface area contributed by atoms with Crippen LogP contribution in [0.3, 0.4) is 0 Å². The molecule has 174 valence electrons. The third-order valence-corrected chi connectivity index (χ3v) is 8.82. The molecule has 3 rings (SSSR count). The summed E-state index contributed by atoms with van der Waals surface area (Å²) < 4.78 is 53.4. The molecule has 3 aromatic rings. The summed E-state index contributed by atoms with van der Waals surface area (Å²) in [5.41, 5.74) is 1.43. The Kier molecular flexibility index (Phi) is 6.92. The van der Waals surface area contributed by atoms with Gasteiger partial charge in [-0.1, -0.05) is 30.3 Å². The average Bonchev–Trinajstić information content (AvgIpc) is 2.80. The van der Waals surface area contributed by atoms with E-state index < -0.39 is 26.0 Å². The van der Waals surface area contributed by atoms with Crippen molar-refractivity contribution in [2.45, 2.75) is 16.7 Å². The molecule has 33 heavy (non-hydrogen) atoms. The van der Waals surface area contributed by atoms with Crippen LogP contribution in [-0.4, -0.2) is 48.2 Å². The zero-order chi connectivity index (χ0) is 24.4. The highest BCUT2D eigenvalue weighted by molar-refractivity contribution is 7.92. The van der Waals surface area contributed by atoms with Gasteiger partial charge in [0, 0.05) is 32.4 Å². The normalized spacial score (nSPS) is 11.9. The van der Waals surface area contributed by atoms with E-state index in [-0.39, 0.29) is 21.0 Å². The summed E-state index contributed by atoms with van der Waals surface area (Å²) in [6.45, 7) is 1.67. The van der Waals surface area contributed by atoms with Gasteiger partial charge in [0.1, 0.15) is 0 Å². The van der Waals surface area contributed by atoms with Crippen molar-refractivity contribution in [2.75, 3.05) is 30.8 Å². The predicted octanol–water partition coefficient (Wildman–Crippen LogP) is 3.32. The summed E-state index contributed by atoms with van der Waals surface area (Å²) in [5, 5.41) is 2.65.